The lowest BCUT2D eigenvalue weighted by atomic mass is 10.1. The van der Waals surface area contributed by atoms with Crippen LogP contribution in [0.5, 0.6) is 5.75 Å². The second-order valence-corrected chi connectivity index (χ2v) is 8.43. The molecule has 1 heterocycles. The zero-order valence-electron chi connectivity index (χ0n) is 15.3. The van der Waals surface area contributed by atoms with Crippen molar-refractivity contribution in [1.29, 1.82) is 0 Å². The lowest BCUT2D eigenvalue weighted by Gasteiger charge is -2.12. The van der Waals surface area contributed by atoms with Gasteiger partial charge in [0.1, 0.15) is 10.6 Å². The van der Waals surface area contributed by atoms with Crippen LogP contribution in [0.4, 0.5) is 13.2 Å². The van der Waals surface area contributed by atoms with Gasteiger partial charge in [-0.15, -0.1) is 5.10 Å². The van der Waals surface area contributed by atoms with Gasteiger partial charge >= 0.3 is 6.18 Å². The van der Waals surface area contributed by atoms with Gasteiger partial charge in [-0.1, -0.05) is 28.4 Å². The van der Waals surface area contributed by atoms with Gasteiger partial charge < -0.3 is 4.74 Å². The molecule has 3 aromatic rings. The van der Waals surface area contributed by atoms with Gasteiger partial charge in [-0.25, -0.2) is 17.8 Å². The minimum atomic E-state index is -4.76. The van der Waals surface area contributed by atoms with Crippen LogP contribution in [-0.2, 0) is 16.2 Å². The van der Waals surface area contributed by atoms with Crippen molar-refractivity contribution in [1.82, 2.24) is 19.7 Å². The average Bonchev–Trinajstić information content (AvgIpc) is 3.17. The summed E-state index contributed by atoms with van der Waals surface area (Å²) in [5, 5.41) is 6.59. The van der Waals surface area contributed by atoms with E-state index in [-0.39, 0.29) is 15.8 Å². The number of sulfonamides is 1. The van der Waals surface area contributed by atoms with E-state index in [1.807, 2.05) is 0 Å². The first-order valence-electron chi connectivity index (χ1n) is 8.12. The number of aromatic nitrogens is 3. The van der Waals surface area contributed by atoms with Crippen LogP contribution in [0.15, 0.2) is 47.5 Å². The standard InChI is InChI=1S/C17H11Cl2F3N4O4S/c1-30-10-3-4-12(19)15(7-10)31(28,29)24-16(27)13-8-26(25-23-13)14-5-2-9(18)6-11(14)17(20,21)22/h2-8H,1H3,(H,24,27). The lowest BCUT2D eigenvalue weighted by Crippen LogP contribution is -2.31. The zero-order valence-corrected chi connectivity index (χ0v) is 17.6. The van der Waals surface area contributed by atoms with Gasteiger partial charge in [-0.05, 0) is 30.3 Å². The molecule has 0 aliphatic carbocycles. The Bertz CT molecular complexity index is 1260. The molecule has 14 heteroatoms. The minimum Gasteiger partial charge on any atom is -0.497 e. The first-order valence-corrected chi connectivity index (χ1v) is 10.4. The van der Waals surface area contributed by atoms with Gasteiger partial charge in [0.15, 0.2) is 5.69 Å². The molecule has 0 aliphatic rings. The first-order chi connectivity index (χ1) is 14.4. The second kappa shape index (κ2) is 8.36. The van der Waals surface area contributed by atoms with E-state index in [0.717, 1.165) is 18.3 Å². The monoisotopic (exact) mass is 494 g/mol. The summed E-state index contributed by atoms with van der Waals surface area (Å²) in [7, 11) is -3.14. The minimum absolute atomic E-state index is 0.157. The Morgan fingerprint density at radius 2 is 1.87 bits per heavy atom. The highest BCUT2D eigenvalue weighted by Gasteiger charge is 2.35. The number of hydrogen-bond acceptors (Lipinski definition) is 6. The maximum absolute atomic E-state index is 13.3. The number of benzene rings is 2. The Labute approximate surface area is 183 Å². The molecular weight excluding hydrogens is 484 g/mol. The van der Waals surface area contributed by atoms with E-state index in [9.17, 15) is 26.4 Å². The van der Waals surface area contributed by atoms with Gasteiger partial charge in [-0.2, -0.15) is 13.2 Å². The number of methoxy groups -OCH3 is 1. The Balaban J connectivity index is 1.92. The van der Waals surface area contributed by atoms with Crippen molar-refractivity contribution in [2.24, 2.45) is 0 Å². The van der Waals surface area contributed by atoms with E-state index < -0.39 is 43.9 Å². The molecule has 0 saturated heterocycles. The van der Waals surface area contributed by atoms with Gasteiger partial charge in [0, 0.05) is 11.1 Å². The zero-order chi connectivity index (χ0) is 23.0. The van der Waals surface area contributed by atoms with Gasteiger partial charge in [0.25, 0.3) is 15.9 Å². The van der Waals surface area contributed by atoms with Crippen LogP contribution in [0.1, 0.15) is 16.1 Å². The Morgan fingerprint density at radius 1 is 1.16 bits per heavy atom. The van der Waals surface area contributed by atoms with Crippen LogP contribution < -0.4 is 9.46 Å². The molecule has 1 N–H and O–H groups in total. The smallest absolute Gasteiger partial charge is 0.418 e. The SMILES string of the molecule is COc1ccc(Cl)c(S(=O)(=O)NC(=O)c2cn(-c3ccc(Cl)cc3C(F)(F)F)nn2)c1. The number of ether oxygens (including phenoxy) is 1. The molecule has 2 aromatic carbocycles. The fourth-order valence-corrected chi connectivity index (χ4v) is 4.12. The highest BCUT2D eigenvalue weighted by atomic mass is 35.5. The number of halogens is 5. The van der Waals surface area contributed by atoms with Gasteiger partial charge in [-0.3, -0.25) is 4.79 Å². The molecule has 1 aromatic heterocycles. The molecule has 0 radical (unpaired) electrons. The number of hydrogen-bond donors (Lipinski definition) is 1. The van der Waals surface area contributed by atoms with Crippen LogP contribution in [-0.4, -0.2) is 36.4 Å². The number of carbonyl (C=O) groups is 1. The number of alkyl halides is 3. The van der Waals surface area contributed by atoms with E-state index >= 15 is 0 Å². The molecule has 3 rings (SSSR count). The van der Waals surface area contributed by atoms with E-state index in [1.54, 1.807) is 4.72 Å². The number of rotatable bonds is 5. The van der Waals surface area contributed by atoms with Crippen LogP contribution in [0.25, 0.3) is 5.69 Å². The first kappa shape index (κ1) is 22.8. The molecule has 0 bridgehead atoms. The van der Waals surface area contributed by atoms with E-state index in [4.69, 9.17) is 27.9 Å². The van der Waals surface area contributed by atoms with Crippen LogP contribution >= 0.6 is 23.2 Å². The van der Waals surface area contributed by atoms with Crippen molar-refractivity contribution in [3.05, 3.63) is 63.9 Å². The third-order valence-electron chi connectivity index (χ3n) is 3.89. The van der Waals surface area contributed by atoms with Crippen LogP contribution in [0.2, 0.25) is 10.0 Å². The Morgan fingerprint density at radius 3 is 2.52 bits per heavy atom. The molecule has 8 nitrogen and oxygen atoms in total. The molecule has 0 fully saturated rings. The summed E-state index contributed by atoms with van der Waals surface area (Å²) in [5.74, 6) is -1.06. The summed E-state index contributed by atoms with van der Waals surface area (Å²) < 4.78 is 72.2. The van der Waals surface area contributed by atoms with Crippen molar-refractivity contribution >= 4 is 39.1 Å². The summed E-state index contributed by atoms with van der Waals surface area (Å²) in [5.41, 5.74) is -2.12. The maximum Gasteiger partial charge on any atom is 0.418 e. The summed E-state index contributed by atoms with van der Waals surface area (Å²) in [6.45, 7) is 0. The van der Waals surface area contributed by atoms with E-state index in [2.05, 4.69) is 10.3 Å². The average molecular weight is 495 g/mol. The summed E-state index contributed by atoms with van der Waals surface area (Å²) in [6.07, 6.45) is -3.92. The molecular formula is C17H11Cl2F3N4O4S. The fourth-order valence-electron chi connectivity index (χ4n) is 2.47. The summed E-state index contributed by atoms with van der Waals surface area (Å²) >= 11 is 11.5. The third-order valence-corrected chi connectivity index (χ3v) is 5.94. The van der Waals surface area contributed by atoms with Gasteiger partial charge in [0.05, 0.1) is 29.6 Å². The topological polar surface area (TPSA) is 103 Å². The number of amides is 1. The molecule has 31 heavy (non-hydrogen) atoms. The van der Waals surface area contributed by atoms with Crippen molar-refractivity contribution in [2.75, 3.05) is 7.11 Å². The highest BCUT2D eigenvalue weighted by molar-refractivity contribution is 7.90. The molecule has 0 aliphatic heterocycles. The molecule has 0 saturated carbocycles. The molecule has 164 valence electrons. The molecule has 0 unspecified atom stereocenters. The normalized spacial score (nSPS) is 11.9. The third kappa shape index (κ3) is 4.92. The predicted molar refractivity (Wildman–Crippen MR) is 104 cm³/mol. The van der Waals surface area contributed by atoms with E-state index in [1.165, 1.54) is 25.3 Å². The Kier molecular flexibility index (Phi) is 6.16. The largest absolute Gasteiger partial charge is 0.497 e. The van der Waals surface area contributed by atoms with Crippen LogP contribution in [0, 0.1) is 0 Å². The summed E-state index contributed by atoms with van der Waals surface area (Å²) in [4.78, 5) is 11.9. The fraction of sp³-hybridized carbons (Fsp3) is 0.118. The second-order valence-electron chi connectivity index (χ2n) is 5.94. The number of nitrogens with one attached hydrogen (secondary N) is 1. The van der Waals surface area contributed by atoms with E-state index in [0.29, 0.717) is 10.7 Å². The number of nitrogens with zero attached hydrogens (tertiary/aromatic N) is 3. The summed E-state index contributed by atoms with van der Waals surface area (Å²) in [6, 6.07) is 6.69. The highest BCUT2D eigenvalue weighted by Crippen LogP contribution is 2.35. The van der Waals surface area contributed by atoms with Crippen molar-refractivity contribution in [2.45, 2.75) is 11.1 Å². The number of carbonyl (C=O) groups excluding carboxylic acids is 1. The van der Waals surface area contributed by atoms with Gasteiger partial charge in [0.2, 0.25) is 0 Å². The van der Waals surface area contributed by atoms with Crippen molar-refractivity contribution in [3.63, 3.8) is 0 Å². The molecule has 0 atom stereocenters. The molecule has 0 spiro atoms. The quantitative estimate of drug-likeness (QED) is 0.579. The van der Waals surface area contributed by atoms with Crippen molar-refractivity contribution in [3.8, 4) is 11.4 Å². The predicted octanol–water partition coefficient (Wildman–Crippen LogP) is 3.72. The lowest BCUT2D eigenvalue weighted by molar-refractivity contribution is -0.137. The Hall–Kier alpha value is -2.83. The molecule has 1 amide bonds. The van der Waals surface area contributed by atoms with Crippen LogP contribution in [0.3, 0.4) is 0 Å². The van der Waals surface area contributed by atoms with Crippen molar-refractivity contribution < 1.29 is 31.1 Å². The maximum atomic E-state index is 13.3.